The van der Waals surface area contributed by atoms with E-state index in [0.29, 0.717) is 11.8 Å². The Morgan fingerprint density at radius 2 is 1.73 bits per heavy atom. The Balaban J connectivity index is 1.37. The van der Waals surface area contributed by atoms with Gasteiger partial charge >= 0.3 is 0 Å². The molecule has 1 aliphatic carbocycles. The van der Waals surface area contributed by atoms with E-state index in [4.69, 9.17) is 4.98 Å². The third-order valence-corrected chi connectivity index (χ3v) is 6.81. The molecule has 1 aromatic carbocycles. The minimum Gasteiger partial charge on any atom is -0.352 e. The minimum absolute atomic E-state index is 0.0646. The molecule has 4 nitrogen and oxygen atoms in total. The van der Waals surface area contributed by atoms with Crippen LogP contribution in [0.3, 0.4) is 0 Å². The van der Waals surface area contributed by atoms with Gasteiger partial charge in [0.15, 0.2) is 0 Å². The van der Waals surface area contributed by atoms with E-state index >= 15 is 0 Å². The van der Waals surface area contributed by atoms with Crippen LogP contribution >= 0.6 is 0 Å². The lowest BCUT2D eigenvalue weighted by atomic mass is 9.88. The van der Waals surface area contributed by atoms with Crippen LogP contribution in [0.25, 0.3) is 0 Å². The summed E-state index contributed by atoms with van der Waals surface area (Å²) in [5.41, 5.74) is 4.17. The second kappa shape index (κ2) is 10.2. The van der Waals surface area contributed by atoms with Crippen molar-refractivity contribution in [3.05, 3.63) is 65.0 Å². The molecule has 1 saturated heterocycles. The number of aryl methyl sites for hydroxylation is 1. The van der Waals surface area contributed by atoms with Gasteiger partial charge in [0.05, 0.1) is 11.3 Å². The highest BCUT2D eigenvalue weighted by Gasteiger charge is 2.26. The molecule has 4 rings (SSSR count). The number of benzene rings is 1. The first-order valence-electron chi connectivity index (χ1n) is 11.7. The zero-order chi connectivity index (χ0) is 20.8. The lowest BCUT2D eigenvalue weighted by Crippen LogP contribution is -2.34. The fraction of sp³-hybridized carbons (Fsp3) is 0.538. The van der Waals surface area contributed by atoms with Gasteiger partial charge in [0.2, 0.25) is 0 Å². The van der Waals surface area contributed by atoms with Crippen molar-refractivity contribution in [2.45, 2.75) is 64.3 Å². The van der Waals surface area contributed by atoms with Crippen molar-refractivity contribution in [2.75, 3.05) is 19.6 Å². The Morgan fingerprint density at radius 3 is 2.47 bits per heavy atom. The topological polar surface area (TPSA) is 45.2 Å². The molecule has 2 aromatic rings. The molecule has 160 valence electrons. The number of nitrogens with one attached hydrogen (secondary N) is 1. The van der Waals surface area contributed by atoms with Gasteiger partial charge in [0, 0.05) is 24.7 Å². The lowest BCUT2D eigenvalue weighted by molar-refractivity contribution is 0.0940. The van der Waals surface area contributed by atoms with E-state index in [2.05, 4.69) is 40.5 Å². The van der Waals surface area contributed by atoms with Gasteiger partial charge in [-0.3, -0.25) is 14.7 Å². The molecule has 0 spiro atoms. The quantitative estimate of drug-likeness (QED) is 0.729. The maximum Gasteiger partial charge on any atom is 0.253 e. The summed E-state index contributed by atoms with van der Waals surface area (Å²) in [7, 11) is 0. The van der Waals surface area contributed by atoms with Gasteiger partial charge in [0.25, 0.3) is 5.91 Å². The number of pyridine rings is 1. The molecule has 1 aliphatic heterocycles. The van der Waals surface area contributed by atoms with Crippen LogP contribution in [0, 0.1) is 12.8 Å². The van der Waals surface area contributed by atoms with Crippen LogP contribution in [0.15, 0.2) is 42.5 Å². The van der Waals surface area contributed by atoms with Crippen LogP contribution in [0.4, 0.5) is 0 Å². The third-order valence-electron chi connectivity index (χ3n) is 6.81. The number of amides is 1. The van der Waals surface area contributed by atoms with E-state index in [0.717, 1.165) is 56.0 Å². The van der Waals surface area contributed by atoms with Crippen LogP contribution < -0.4 is 5.32 Å². The maximum absolute atomic E-state index is 13.0. The van der Waals surface area contributed by atoms with E-state index < -0.39 is 0 Å². The predicted octanol–water partition coefficient (Wildman–Crippen LogP) is 5.08. The highest BCUT2D eigenvalue weighted by atomic mass is 16.1. The van der Waals surface area contributed by atoms with Crippen molar-refractivity contribution in [1.82, 2.24) is 15.2 Å². The number of carbonyl (C=O) groups is 1. The minimum atomic E-state index is 0.0646. The number of rotatable bonds is 6. The van der Waals surface area contributed by atoms with Gasteiger partial charge in [-0.2, -0.15) is 0 Å². The van der Waals surface area contributed by atoms with E-state index in [1.807, 2.05) is 19.1 Å². The summed E-state index contributed by atoms with van der Waals surface area (Å²) in [4.78, 5) is 20.4. The predicted molar refractivity (Wildman–Crippen MR) is 122 cm³/mol. The van der Waals surface area contributed by atoms with Crippen LogP contribution in [-0.2, 0) is 6.54 Å². The van der Waals surface area contributed by atoms with Gasteiger partial charge in [-0.05, 0) is 69.3 Å². The summed E-state index contributed by atoms with van der Waals surface area (Å²) >= 11 is 0. The average Bonchev–Trinajstić information content (AvgIpc) is 2.79. The van der Waals surface area contributed by atoms with Gasteiger partial charge in [-0.25, -0.2) is 0 Å². The van der Waals surface area contributed by atoms with Crippen molar-refractivity contribution in [2.24, 2.45) is 5.92 Å². The van der Waals surface area contributed by atoms with E-state index in [1.54, 1.807) is 0 Å². The number of hydrogen-bond donors (Lipinski definition) is 1. The average molecular weight is 406 g/mol. The molecule has 1 aromatic heterocycles. The Labute approximate surface area is 181 Å². The molecule has 1 amide bonds. The van der Waals surface area contributed by atoms with Crippen molar-refractivity contribution < 1.29 is 4.79 Å². The zero-order valence-corrected chi connectivity index (χ0v) is 18.3. The second-order valence-corrected chi connectivity index (χ2v) is 9.14. The maximum atomic E-state index is 13.0. The first-order valence-corrected chi connectivity index (χ1v) is 11.7. The summed E-state index contributed by atoms with van der Waals surface area (Å²) in [6.45, 7) is 5.94. The van der Waals surface area contributed by atoms with E-state index in [1.165, 1.54) is 37.7 Å². The summed E-state index contributed by atoms with van der Waals surface area (Å²) in [5.74, 6) is 1.08. The highest BCUT2D eigenvalue weighted by Crippen LogP contribution is 2.30. The van der Waals surface area contributed by atoms with Crippen LogP contribution in [0.2, 0.25) is 0 Å². The third kappa shape index (κ3) is 5.48. The van der Waals surface area contributed by atoms with E-state index in [9.17, 15) is 4.79 Å². The van der Waals surface area contributed by atoms with Gasteiger partial charge in [-0.1, -0.05) is 49.6 Å². The van der Waals surface area contributed by atoms with Gasteiger partial charge in [0.1, 0.15) is 0 Å². The first-order chi connectivity index (χ1) is 14.7. The fourth-order valence-corrected chi connectivity index (χ4v) is 5.01. The summed E-state index contributed by atoms with van der Waals surface area (Å²) < 4.78 is 0. The molecule has 4 heteroatoms. The van der Waals surface area contributed by atoms with Crippen molar-refractivity contribution in [3.8, 4) is 0 Å². The van der Waals surface area contributed by atoms with Crippen LogP contribution in [0.5, 0.6) is 0 Å². The molecule has 0 unspecified atom stereocenters. The summed E-state index contributed by atoms with van der Waals surface area (Å²) in [5, 5.41) is 3.22. The largest absolute Gasteiger partial charge is 0.352 e. The Kier molecular flexibility index (Phi) is 7.16. The fourth-order valence-electron chi connectivity index (χ4n) is 5.01. The summed E-state index contributed by atoms with van der Waals surface area (Å²) in [6.07, 6.45) is 8.58. The normalized spacial score (nSPS) is 19.0. The molecule has 2 heterocycles. The highest BCUT2D eigenvalue weighted by molar-refractivity contribution is 5.95. The lowest BCUT2D eigenvalue weighted by Gasteiger charge is -2.32. The number of aromatic nitrogens is 1. The van der Waals surface area contributed by atoms with Crippen LogP contribution in [-0.4, -0.2) is 35.4 Å². The first kappa shape index (κ1) is 21.0. The molecular formula is C26H35N3O. The number of nitrogens with zero attached hydrogens (tertiary/aromatic N) is 2. The molecule has 2 aliphatic rings. The zero-order valence-electron chi connectivity index (χ0n) is 18.3. The van der Waals surface area contributed by atoms with Crippen LogP contribution in [0.1, 0.15) is 78.2 Å². The Hall–Kier alpha value is -2.20. The Bertz CT molecular complexity index is 821. The second-order valence-electron chi connectivity index (χ2n) is 9.14. The van der Waals surface area contributed by atoms with Crippen molar-refractivity contribution in [1.29, 1.82) is 0 Å². The molecule has 0 atom stereocenters. The Morgan fingerprint density at radius 1 is 1.00 bits per heavy atom. The van der Waals surface area contributed by atoms with E-state index in [-0.39, 0.29) is 5.91 Å². The molecule has 1 saturated carbocycles. The number of likely N-dealkylation sites (tertiary alicyclic amines) is 1. The standard InChI is InChI=1S/C26H35N3O/c1-20-12-13-24(26(30)27-18-21-8-4-2-5-9-21)25(28-20)23-14-16-29(17-15-23)19-22-10-6-3-7-11-22/h3,6-7,10-13,21,23H,2,4-5,8-9,14-19H2,1H3,(H,27,30). The van der Waals surface area contributed by atoms with Gasteiger partial charge in [-0.15, -0.1) is 0 Å². The van der Waals surface area contributed by atoms with Gasteiger partial charge < -0.3 is 5.32 Å². The molecular weight excluding hydrogens is 370 g/mol. The molecule has 0 bridgehead atoms. The molecule has 1 N–H and O–H groups in total. The number of piperidine rings is 1. The SMILES string of the molecule is Cc1ccc(C(=O)NCC2CCCCC2)c(C2CCN(Cc3ccccc3)CC2)n1. The van der Waals surface area contributed by atoms with Crippen molar-refractivity contribution in [3.63, 3.8) is 0 Å². The molecule has 0 radical (unpaired) electrons. The molecule has 2 fully saturated rings. The van der Waals surface area contributed by atoms with Crippen molar-refractivity contribution >= 4 is 5.91 Å². The smallest absolute Gasteiger partial charge is 0.253 e. The number of carbonyl (C=O) groups excluding carboxylic acids is 1. The number of hydrogen-bond acceptors (Lipinski definition) is 3. The molecule has 30 heavy (non-hydrogen) atoms. The monoisotopic (exact) mass is 405 g/mol. The summed E-state index contributed by atoms with van der Waals surface area (Å²) in [6, 6.07) is 14.6.